The van der Waals surface area contributed by atoms with E-state index < -0.39 is 0 Å². The van der Waals surface area contributed by atoms with Crippen molar-refractivity contribution in [2.24, 2.45) is 0 Å². The molecule has 20 heavy (non-hydrogen) atoms. The summed E-state index contributed by atoms with van der Waals surface area (Å²) in [6, 6.07) is 0. The number of unbranched alkanes of at least 4 members (excludes halogenated alkanes) is 1. The number of nitrogens with one attached hydrogen (secondary N) is 2. The summed E-state index contributed by atoms with van der Waals surface area (Å²) in [7, 11) is 0. The first-order valence-corrected chi connectivity index (χ1v) is 8.57. The molecule has 2 N–H and O–H groups in total. The summed E-state index contributed by atoms with van der Waals surface area (Å²) in [5, 5.41) is 15.0. The molecule has 1 aromatic rings. The zero-order valence-corrected chi connectivity index (χ0v) is 14.5. The Morgan fingerprint density at radius 3 is 2.70 bits per heavy atom. The fraction of sp³-hybridized carbons (Fsp3) is 0.769. The Bertz CT molecular complexity index is 428. The summed E-state index contributed by atoms with van der Waals surface area (Å²) in [6.45, 7) is 10.9. The smallest absolute Gasteiger partial charge is 0.233 e. The molecule has 7 heteroatoms. The zero-order valence-electron chi connectivity index (χ0n) is 12.8. The third kappa shape index (κ3) is 6.56. The molecule has 5 nitrogen and oxygen atoms in total. The van der Waals surface area contributed by atoms with Gasteiger partial charge in [0.15, 0.2) is 4.34 Å². The maximum Gasteiger partial charge on any atom is 0.233 e. The lowest BCUT2D eigenvalue weighted by Crippen LogP contribution is -2.44. The Hall–Kier alpha value is -0.820. The minimum absolute atomic E-state index is 0.0261. The van der Waals surface area contributed by atoms with Crippen molar-refractivity contribution >= 4 is 34.1 Å². The van der Waals surface area contributed by atoms with Crippen molar-refractivity contribution < 1.29 is 4.79 Å². The second-order valence-corrected chi connectivity index (χ2v) is 8.22. The van der Waals surface area contributed by atoms with Crippen molar-refractivity contribution in [2.45, 2.75) is 62.6 Å². The second kappa shape index (κ2) is 7.83. The summed E-state index contributed by atoms with van der Waals surface area (Å²) in [6.07, 6.45) is 2.27. The molecule has 1 rings (SSSR count). The third-order valence-corrected chi connectivity index (χ3v) is 4.42. The van der Waals surface area contributed by atoms with Crippen LogP contribution in [0, 0.1) is 0 Å². The molecule has 0 radical (unpaired) electrons. The van der Waals surface area contributed by atoms with Gasteiger partial charge < -0.3 is 10.6 Å². The molecule has 0 saturated carbocycles. The van der Waals surface area contributed by atoms with Crippen LogP contribution in [-0.4, -0.2) is 33.4 Å². The van der Waals surface area contributed by atoms with Crippen LogP contribution < -0.4 is 10.6 Å². The van der Waals surface area contributed by atoms with E-state index in [9.17, 15) is 4.79 Å². The Kier molecular flexibility index (Phi) is 6.75. The minimum atomic E-state index is -0.208. The molecule has 0 bridgehead atoms. The number of aromatic nitrogens is 2. The van der Waals surface area contributed by atoms with Gasteiger partial charge in [-0.1, -0.05) is 36.4 Å². The van der Waals surface area contributed by atoms with Crippen molar-refractivity contribution in [3.8, 4) is 0 Å². The molecule has 0 fully saturated rings. The van der Waals surface area contributed by atoms with Crippen molar-refractivity contribution in [1.82, 2.24) is 15.5 Å². The number of hydrogen-bond acceptors (Lipinski definition) is 6. The van der Waals surface area contributed by atoms with E-state index in [1.165, 1.54) is 23.1 Å². The summed E-state index contributed by atoms with van der Waals surface area (Å²) in [4.78, 5) is 12.0. The molecule has 1 amide bonds. The topological polar surface area (TPSA) is 66.9 Å². The van der Waals surface area contributed by atoms with Crippen molar-refractivity contribution in [3.63, 3.8) is 0 Å². The van der Waals surface area contributed by atoms with Crippen LogP contribution in [0.2, 0.25) is 0 Å². The Labute approximate surface area is 129 Å². The predicted molar refractivity (Wildman–Crippen MR) is 86.5 cm³/mol. The first kappa shape index (κ1) is 17.2. The molecule has 114 valence electrons. The Morgan fingerprint density at radius 1 is 1.40 bits per heavy atom. The second-order valence-electron chi connectivity index (χ2n) is 5.65. The Morgan fingerprint density at radius 2 is 2.10 bits per heavy atom. The van der Waals surface area contributed by atoms with Crippen molar-refractivity contribution in [1.29, 1.82) is 0 Å². The molecule has 0 aliphatic rings. The van der Waals surface area contributed by atoms with Gasteiger partial charge in [0.2, 0.25) is 11.0 Å². The molecule has 1 heterocycles. The van der Waals surface area contributed by atoms with Crippen molar-refractivity contribution in [3.05, 3.63) is 0 Å². The highest BCUT2D eigenvalue weighted by molar-refractivity contribution is 8.02. The van der Waals surface area contributed by atoms with Gasteiger partial charge >= 0.3 is 0 Å². The lowest BCUT2D eigenvalue weighted by Gasteiger charge is -2.22. The maximum atomic E-state index is 12.0. The fourth-order valence-corrected chi connectivity index (χ4v) is 3.30. The van der Waals surface area contributed by atoms with Gasteiger partial charge in [0.05, 0.1) is 5.25 Å². The summed E-state index contributed by atoms with van der Waals surface area (Å²) in [5.74, 6) is 0.0261. The standard InChI is InChI=1S/C13H24N4OS2/c1-6-7-8-14-11-16-17-12(20-11)19-9(2)10(18)15-13(3,4)5/h9H,6-8H2,1-5H3,(H,14,16)(H,15,18). The predicted octanol–water partition coefficient (Wildman–Crippen LogP) is 3.15. The van der Waals surface area contributed by atoms with Crippen LogP contribution in [0.3, 0.4) is 0 Å². The number of rotatable bonds is 7. The molecule has 0 saturated heterocycles. The van der Waals surface area contributed by atoms with Crippen LogP contribution in [0.4, 0.5) is 5.13 Å². The van der Waals surface area contributed by atoms with Crippen LogP contribution in [0.1, 0.15) is 47.5 Å². The highest BCUT2D eigenvalue weighted by Crippen LogP contribution is 2.29. The molecule has 1 unspecified atom stereocenters. The van der Waals surface area contributed by atoms with E-state index in [4.69, 9.17) is 0 Å². The average molecular weight is 316 g/mol. The first-order chi connectivity index (χ1) is 9.31. The summed E-state index contributed by atoms with van der Waals surface area (Å²) >= 11 is 2.94. The molecule has 0 aliphatic heterocycles. The van der Waals surface area contributed by atoms with Crippen LogP contribution in [-0.2, 0) is 4.79 Å². The van der Waals surface area contributed by atoms with Gasteiger partial charge in [-0.05, 0) is 34.1 Å². The first-order valence-electron chi connectivity index (χ1n) is 6.88. The lowest BCUT2D eigenvalue weighted by atomic mass is 10.1. The molecule has 0 aromatic carbocycles. The van der Waals surface area contributed by atoms with E-state index in [1.54, 1.807) is 0 Å². The van der Waals surface area contributed by atoms with Gasteiger partial charge in [0, 0.05) is 12.1 Å². The van der Waals surface area contributed by atoms with E-state index in [-0.39, 0.29) is 16.7 Å². The number of carbonyl (C=O) groups is 1. The zero-order chi connectivity index (χ0) is 15.2. The SMILES string of the molecule is CCCCNc1nnc(SC(C)C(=O)NC(C)(C)C)s1. The highest BCUT2D eigenvalue weighted by Gasteiger charge is 2.21. The van der Waals surface area contributed by atoms with Gasteiger partial charge in [0.1, 0.15) is 0 Å². The van der Waals surface area contributed by atoms with Crippen LogP contribution in [0.25, 0.3) is 0 Å². The molecule has 0 spiro atoms. The number of carbonyl (C=O) groups excluding carboxylic acids is 1. The largest absolute Gasteiger partial charge is 0.360 e. The minimum Gasteiger partial charge on any atom is -0.360 e. The maximum absolute atomic E-state index is 12.0. The summed E-state index contributed by atoms with van der Waals surface area (Å²) in [5.41, 5.74) is -0.208. The van der Waals surface area contributed by atoms with Gasteiger partial charge in [-0.3, -0.25) is 4.79 Å². The average Bonchev–Trinajstić information content (AvgIpc) is 2.75. The number of thioether (sulfide) groups is 1. The molecule has 0 aliphatic carbocycles. The van der Waals surface area contributed by atoms with Crippen LogP contribution in [0.5, 0.6) is 0 Å². The van der Waals surface area contributed by atoms with Gasteiger partial charge in [0.25, 0.3) is 0 Å². The molecule has 1 atom stereocenters. The molecule has 1 aromatic heterocycles. The van der Waals surface area contributed by atoms with Gasteiger partial charge in [-0.2, -0.15) is 0 Å². The monoisotopic (exact) mass is 316 g/mol. The van der Waals surface area contributed by atoms with E-state index in [1.807, 2.05) is 27.7 Å². The van der Waals surface area contributed by atoms with E-state index in [2.05, 4.69) is 27.8 Å². The third-order valence-electron chi connectivity index (χ3n) is 2.36. The van der Waals surface area contributed by atoms with Crippen LogP contribution >= 0.6 is 23.1 Å². The number of hydrogen-bond donors (Lipinski definition) is 2. The number of nitrogens with zero attached hydrogens (tertiary/aromatic N) is 2. The quantitative estimate of drug-likeness (QED) is 0.597. The van der Waals surface area contributed by atoms with Gasteiger partial charge in [-0.25, -0.2) is 0 Å². The normalized spacial score (nSPS) is 13.1. The number of anilines is 1. The van der Waals surface area contributed by atoms with E-state index in [0.29, 0.717) is 0 Å². The molecular weight excluding hydrogens is 292 g/mol. The highest BCUT2D eigenvalue weighted by atomic mass is 32.2. The Balaban J connectivity index is 2.45. The van der Waals surface area contributed by atoms with Crippen molar-refractivity contribution in [2.75, 3.05) is 11.9 Å². The fourth-order valence-electron chi connectivity index (χ4n) is 1.38. The van der Waals surface area contributed by atoms with E-state index in [0.717, 1.165) is 28.9 Å². The van der Waals surface area contributed by atoms with E-state index >= 15 is 0 Å². The van der Waals surface area contributed by atoms with Gasteiger partial charge in [-0.15, -0.1) is 10.2 Å². The van der Waals surface area contributed by atoms with Crippen LogP contribution in [0.15, 0.2) is 4.34 Å². The lowest BCUT2D eigenvalue weighted by molar-refractivity contribution is -0.121. The summed E-state index contributed by atoms with van der Waals surface area (Å²) < 4.78 is 0.820. The number of amides is 1. The molecular formula is C13H24N4OS2.